The molecule has 1 aliphatic heterocycles. The largest absolute Gasteiger partial charge is 0.350 e. The minimum Gasteiger partial charge on any atom is -0.350 e. The molecule has 1 saturated heterocycles. The third kappa shape index (κ3) is 4.99. The molecule has 0 radical (unpaired) electrons. The van der Waals surface area contributed by atoms with Crippen molar-refractivity contribution in [3.8, 4) is 11.4 Å². The summed E-state index contributed by atoms with van der Waals surface area (Å²) in [5.74, 6) is 1.72. The minimum atomic E-state index is -0.262. The highest BCUT2D eigenvalue weighted by Crippen LogP contribution is 2.27. The number of aryl methyl sites for hydroxylation is 1. The van der Waals surface area contributed by atoms with Gasteiger partial charge in [0.1, 0.15) is 17.2 Å². The third-order valence-electron chi connectivity index (χ3n) is 6.20. The van der Waals surface area contributed by atoms with Gasteiger partial charge in [-0.2, -0.15) is 4.98 Å². The molecule has 0 saturated carbocycles. The van der Waals surface area contributed by atoms with Gasteiger partial charge in [0.2, 0.25) is 5.95 Å². The summed E-state index contributed by atoms with van der Waals surface area (Å²) < 4.78 is 15.7. The summed E-state index contributed by atoms with van der Waals surface area (Å²) in [5, 5.41) is 7.41. The second-order valence-corrected chi connectivity index (χ2v) is 8.83. The summed E-state index contributed by atoms with van der Waals surface area (Å²) in [6.07, 6.45) is 5.15. The quantitative estimate of drug-likeness (QED) is 0.389. The molecule has 6 nitrogen and oxygen atoms in total. The molecule has 0 atom stereocenters. The first-order chi connectivity index (χ1) is 16.2. The zero-order valence-corrected chi connectivity index (χ0v) is 19.0. The van der Waals surface area contributed by atoms with Crippen molar-refractivity contribution in [1.82, 2.24) is 24.8 Å². The summed E-state index contributed by atoms with van der Waals surface area (Å²) in [7, 11) is 0. The zero-order chi connectivity index (χ0) is 22.6. The SMILES string of the molecule is Fc1ccc(-c2nc3cnc(NCc4ccccc4Cl)nc3n2CCC2CCNCC2)cc1. The number of aromatic nitrogens is 4. The normalized spacial score (nSPS) is 14.6. The number of piperidine rings is 1. The summed E-state index contributed by atoms with van der Waals surface area (Å²) in [4.78, 5) is 14.1. The Hall–Kier alpha value is -3.03. The van der Waals surface area contributed by atoms with Crippen LogP contribution in [-0.2, 0) is 13.1 Å². The lowest BCUT2D eigenvalue weighted by atomic mass is 9.95. The van der Waals surface area contributed by atoms with E-state index in [9.17, 15) is 4.39 Å². The lowest BCUT2D eigenvalue weighted by Crippen LogP contribution is -2.28. The van der Waals surface area contributed by atoms with Gasteiger partial charge in [0, 0.05) is 23.7 Å². The van der Waals surface area contributed by atoms with E-state index in [4.69, 9.17) is 21.6 Å². The number of benzene rings is 2. The Morgan fingerprint density at radius 1 is 1.06 bits per heavy atom. The number of hydrogen-bond donors (Lipinski definition) is 2. The van der Waals surface area contributed by atoms with Gasteiger partial charge in [-0.05, 0) is 74.2 Å². The molecule has 1 aliphatic rings. The third-order valence-corrected chi connectivity index (χ3v) is 6.57. The summed E-state index contributed by atoms with van der Waals surface area (Å²) >= 11 is 6.28. The van der Waals surface area contributed by atoms with E-state index >= 15 is 0 Å². The molecule has 2 N–H and O–H groups in total. The fourth-order valence-corrected chi connectivity index (χ4v) is 4.54. The number of hydrogen-bond acceptors (Lipinski definition) is 5. The average Bonchev–Trinajstić information content (AvgIpc) is 3.21. The second-order valence-electron chi connectivity index (χ2n) is 8.42. The standard InChI is InChI=1S/C25H26ClFN6/c26-21-4-2-1-3-19(21)15-29-25-30-16-22-24(32-25)33(14-11-17-9-12-28-13-10-17)23(31-22)18-5-7-20(27)8-6-18/h1-8,16-17,28H,9-15H2,(H,29,30,32). The van der Waals surface area contributed by atoms with E-state index in [1.165, 1.54) is 25.0 Å². The molecular formula is C25H26ClFN6. The monoisotopic (exact) mass is 464 g/mol. The number of nitrogens with zero attached hydrogens (tertiary/aromatic N) is 4. The van der Waals surface area contributed by atoms with Gasteiger partial charge in [-0.3, -0.25) is 0 Å². The van der Waals surface area contributed by atoms with E-state index < -0.39 is 0 Å². The van der Waals surface area contributed by atoms with Crippen LogP contribution in [0.5, 0.6) is 0 Å². The highest BCUT2D eigenvalue weighted by molar-refractivity contribution is 6.31. The van der Waals surface area contributed by atoms with Gasteiger partial charge >= 0.3 is 0 Å². The van der Waals surface area contributed by atoms with Crippen molar-refractivity contribution in [3.63, 3.8) is 0 Å². The van der Waals surface area contributed by atoms with E-state index in [0.29, 0.717) is 23.4 Å². The maximum Gasteiger partial charge on any atom is 0.225 e. The van der Waals surface area contributed by atoms with Crippen LogP contribution in [0.2, 0.25) is 5.02 Å². The van der Waals surface area contributed by atoms with Gasteiger partial charge in [0.25, 0.3) is 0 Å². The molecule has 0 unspecified atom stereocenters. The van der Waals surface area contributed by atoms with Crippen molar-refractivity contribution in [2.24, 2.45) is 5.92 Å². The van der Waals surface area contributed by atoms with E-state index in [-0.39, 0.29) is 5.82 Å². The molecule has 2 aromatic carbocycles. The summed E-state index contributed by atoms with van der Waals surface area (Å²) in [6, 6.07) is 14.2. The molecular weight excluding hydrogens is 439 g/mol. The first-order valence-electron chi connectivity index (χ1n) is 11.3. The number of fused-ring (bicyclic) bond motifs is 1. The van der Waals surface area contributed by atoms with Crippen LogP contribution in [0.3, 0.4) is 0 Å². The van der Waals surface area contributed by atoms with Crippen molar-refractivity contribution in [2.75, 3.05) is 18.4 Å². The predicted molar refractivity (Wildman–Crippen MR) is 130 cm³/mol. The fourth-order valence-electron chi connectivity index (χ4n) is 4.33. The molecule has 1 fully saturated rings. The van der Waals surface area contributed by atoms with Gasteiger partial charge < -0.3 is 15.2 Å². The maximum absolute atomic E-state index is 13.5. The number of imidazole rings is 1. The topological polar surface area (TPSA) is 67.7 Å². The van der Waals surface area contributed by atoms with Crippen molar-refractivity contribution in [1.29, 1.82) is 0 Å². The Morgan fingerprint density at radius 2 is 1.85 bits per heavy atom. The molecule has 4 aromatic rings. The fraction of sp³-hybridized carbons (Fsp3) is 0.320. The Bertz CT molecular complexity index is 1230. The van der Waals surface area contributed by atoms with E-state index in [0.717, 1.165) is 54.2 Å². The first kappa shape index (κ1) is 21.8. The van der Waals surface area contributed by atoms with Crippen LogP contribution >= 0.6 is 11.6 Å². The molecule has 8 heteroatoms. The second kappa shape index (κ2) is 9.85. The van der Waals surface area contributed by atoms with Crippen molar-refractivity contribution in [2.45, 2.75) is 32.4 Å². The van der Waals surface area contributed by atoms with Crippen molar-refractivity contribution in [3.05, 3.63) is 71.1 Å². The molecule has 5 rings (SSSR count). The predicted octanol–water partition coefficient (Wildman–Crippen LogP) is 5.29. The van der Waals surface area contributed by atoms with Crippen LogP contribution in [-0.4, -0.2) is 32.6 Å². The highest BCUT2D eigenvalue weighted by atomic mass is 35.5. The first-order valence-corrected chi connectivity index (χ1v) is 11.7. The van der Waals surface area contributed by atoms with E-state index in [1.54, 1.807) is 18.3 Å². The van der Waals surface area contributed by atoms with Gasteiger partial charge in [0.15, 0.2) is 5.65 Å². The number of anilines is 1. The lowest BCUT2D eigenvalue weighted by molar-refractivity contribution is 0.339. The van der Waals surface area contributed by atoms with Gasteiger partial charge in [-0.15, -0.1) is 0 Å². The van der Waals surface area contributed by atoms with Gasteiger partial charge in [-0.25, -0.2) is 14.4 Å². The highest BCUT2D eigenvalue weighted by Gasteiger charge is 2.18. The van der Waals surface area contributed by atoms with Crippen LogP contribution < -0.4 is 10.6 Å². The summed E-state index contributed by atoms with van der Waals surface area (Å²) in [6.45, 7) is 3.46. The number of rotatable bonds is 7. The van der Waals surface area contributed by atoms with Crippen molar-refractivity contribution >= 4 is 28.7 Å². The lowest BCUT2D eigenvalue weighted by Gasteiger charge is -2.23. The molecule has 0 spiro atoms. The Kier molecular flexibility index (Phi) is 6.51. The molecule has 0 aliphatic carbocycles. The number of halogens is 2. The minimum absolute atomic E-state index is 0.262. The van der Waals surface area contributed by atoms with Crippen LogP contribution in [0.4, 0.5) is 10.3 Å². The Labute approximate surface area is 197 Å². The van der Waals surface area contributed by atoms with Crippen molar-refractivity contribution < 1.29 is 4.39 Å². The molecule has 3 heterocycles. The van der Waals surface area contributed by atoms with Gasteiger partial charge in [0.05, 0.1) is 6.20 Å². The smallest absolute Gasteiger partial charge is 0.225 e. The number of nitrogens with one attached hydrogen (secondary N) is 2. The molecule has 33 heavy (non-hydrogen) atoms. The van der Waals surface area contributed by atoms with Crippen LogP contribution in [0.1, 0.15) is 24.8 Å². The molecule has 0 amide bonds. The Balaban J connectivity index is 1.46. The average molecular weight is 465 g/mol. The molecule has 2 aromatic heterocycles. The van der Waals surface area contributed by atoms with E-state index in [2.05, 4.69) is 20.2 Å². The van der Waals surface area contributed by atoms with Gasteiger partial charge in [-0.1, -0.05) is 29.8 Å². The van der Waals surface area contributed by atoms with Crippen LogP contribution in [0.25, 0.3) is 22.6 Å². The molecule has 0 bridgehead atoms. The molecule has 170 valence electrons. The maximum atomic E-state index is 13.5. The Morgan fingerprint density at radius 3 is 2.64 bits per heavy atom. The zero-order valence-electron chi connectivity index (χ0n) is 18.3. The summed E-state index contributed by atoms with van der Waals surface area (Å²) in [5.41, 5.74) is 3.35. The van der Waals surface area contributed by atoms with E-state index in [1.807, 2.05) is 24.3 Å². The van der Waals surface area contributed by atoms with Crippen LogP contribution in [0.15, 0.2) is 54.7 Å². The van der Waals surface area contributed by atoms with Crippen LogP contribution in [0, 0.1) is 11.7 Å².